The first kappa shape index (κ1) is 11.9. The van der Waals surface area contributed by atoms with Crippen LogP contribution >= 0.6 is 0 Å². The molecule has 0 spiro atoms. The van der Waals surface area contributed by atoms with E-state index in [0.29, 0.717) is 17.0 Å². The van der Waals surface area contributed by atoms with Gasteiger partial charge in [0.25, 0.3) is 11.7 Å². The second-order valence-corrected chi connectivity index (χ2v) is 4.59. The van der Waals surface area contributed by atoms with Crippen molar-refractivity contribution in [2.75, 3.05) is 13.1 Å². The second-order valence-electron chi connectivity index (χ2n) is 4.59. The van der Waals surface area contributed by atoms with Crippen molar-refractivity contribution in [3.63, 3.8) is 0 Å². The molecule has 1 atom stereocenters. The average Bonchev–Trinajstić information content (AvgIpc) is 2.80. The Bertz CT molecular complexity index is 604. The molecule has 1 aliphatic heterocycles. The lowest BCUT2D eigenvalue weighted by molar-refractivity contribution is -0.384. The van der Waals surface area contributed by atoms with Gasteiger partial charge < -0.3 is 15.0 Å². The SMILES string of the molecule is O=[N+]([O-])c1ccc2nc(O[C@@H]3CCCNC3)[nH]c2c1. The summed E-state index contributed by atoms with van der Waals surface area (Å²) in [6, 6.07) is 4.95. The number of nitro benzene ring substituents is 1. The van der Waals surface area contributed by atoms with Gasteiger partial charge in [0.1, 0.15) is 6.10 Å². The first-order valence-corrected chi connectivity index (χ1v) is 6.24. The maximum Gasteiger partial charge on any atom is 0.294 e. The van der Waals surface area contributed by atoms with Gasteiger partial charge in [0.05, 0.1) is 16.0 Å². The molecular weight excluding hydrogens is 248 g/mol. The van der Waals surface area contributed by atoms with Crippen molar-refractivity contribution < 1.29 is 9.66 Å². The average molecular weight is 262 g/mol. The molecule has 0 saturated carbocycles. The van der Waals surface area contributed by atoms with Gasteiger partial charge in [-0.2, -0.15) is 4.98 Å². The lowest BCUT2D eigenvalue weighted by Gasteiger charge is -2.22. The highest BCUT2D eigenvalue weighted by atomic mass is 16.6. The second kappa shape index (κ2) is 4.85. The van der Waals surface area contributed by atoms with Crippen LogP contribution in [0.4, 0.5) is 5.69 Å². The molecular formula is C12H14N4O3. The van der Waals surface area contributed by atoms with Gasteiger partial charge in [-0.05, 0) is 25.5 Å². The molecule has 0 radical (unpaired) electrons. The molecule has 0 aliphatic carbocycles. The molecule has 7 nitrogen and oxygen atoms in total. The Morgan fingerprint density at radius 3 is 3.11 bits per heavy atom. The number of aromatic nitrogens is 2. The highest BCUT2D eigenvalue weighted by Crippen LogP contribution is 2.22. The Morgan fingerprint density at radius 2 is 2.37 bits per heavy atom. The third-order valence-electron chi connectivity index (χ3n) is 3.18. The number of hydrogen-bond donors (Lipinski definition) is 2. The molecule has 2 N–H and O–H groups in total. The predicted octanol–water partition coefficient (Wildman–Crippen LogP) is 1.60. The van der Waals surface area contributed by atoms with Crippen molar-refractivity contribution in [1.82, 2.24) is 15.3 Å². The highest BCUT2D eigenvalue weighted by molar-refractivity contribution is 5.78. The van der Waals surface area contributed by atoms with Gasteiger partial charge in [0, 0.05) is 18.7 Å². The number of H-pyrrole nitrogens is 1. The molecule has 1 fully saturated rings. The molecule has 1 aromatic heterocycles. The summed E-state index contributed by atoms with van der Waals surface area (Å²) in [5.74, 6) is 0. The van der Waals surface area contributed by atoms with Gasteiger partial charge in [-0.1, -0.05) is 0 Å². The van der Waals surface area contributed by atoms with Crippen molar-refractivity contribution in [3.05, 3.63) is 28.3 Å². The Kier molecular flexibility index (Phi) is 3.04. The number of non-ortho nitro benzene ring substituents is 1. The number of rotatable bonds is 3. The molecule has 7 heteroatoms. The minimum atomic E-state index is -0.425. The molecule has 1 saturated heterocycles. The zero-order valence-corrected chi connectivity index (χ0v) is 10.3. The topological polar surface area (TPSA) is 93.1 Å². The summed E-state index contributed by atoms with van der Waals surface area (Å²) in [4.78, 5) is 17.5. The lowest BCUT2D eigenvalue weighted by Crippen LogP contribution is -2.37. The van der Waals surface area contributed by atoms with Crippen LogP contribution in [0.2, 0.25) is 0 Å². The van der Waals surface area contributed by atoms with Crippen LogP contribution in [0.15, 0.2) is 18.2 Å². The van der Waals surface area contributed by atoms with Crippen molar-refractivity contribution in [2.24, 2.45) is 0 Å². The number of nitrogens with one attached hydrogen (secondary N) is 2. The van der Waals surface area contributed by atoms with Crippen LogP contribution in [0.3, 0.4) is 0 Å². The summed E-state index contributed by atoms with van der Waals surface area (Å²) < 4.78 is 5.74. The van der Waals surface area contributed by atoms with E-state index < -0.39 is 4.92 Å². The number of piperidine rings is 1. The first-order chi connectivity index (χ1) is 9.22. The fourth-order valence-corrected chi connectivity index (χ4v) is 2.22. The molecule has 100 valence electrons. The number of ether oxygens (including phenoxy) is 1. The third-order valence-corrected chi connectivity index (χ3v) is 3.18. The molecule has 0 unspecified atom stereocenters. The third kappa shape index (κ3) is 2.50. The van der Waals surface area contributed by atoms with Crippen LogP contribution in [0.1, 0.15) is 12.8 Å². The lowest BCUT2D eigenvalue weighted by atomic mass is 10.1. The smallest absolute Gasteiger partial charge is 0.294 e. The van der Waals surface area contributed by atoms with Crippen molar-refractivity contribution in [3.8, 4) is 6.01 Å². The molecule has 1 aliphatic rings. The summed E-state index contributed by atoms with van der Waals surface area (Å²) in [6.07, 6.45) is 2.17. The summed E-state index contributed by atoms with van der Waals surface area (Å²) in [5.41, 5.74) is 1.33. The fraction of sp³-hybridized carbons (Fsp3) is 0.417. The van der Waals surface area contributed by atoms with Crippen LogP contribution < -0.4 is 10.1 Å². The minimum Gasteiger partial charge on any atom is -0.460 e. The minimum absolute atomic E-state index is 0.0435. The zero-order chi connectivity index (χ0) is 13.2. The fourth-order valence-electron chi connectivity index (χ4n) is 2.22. The van der Waals surface area contributed by atoms with Crippen molar-refractivity contribution in [1.29, 1.82) is 0 Å². The molecule has 2 heterocycles. The maximum atomic E-state index is 10.7. The molecule has 0 bridgehead atoms. The normalized spacial score (nSPS) is 19.5. The van der Waals surface area contributed by atoms with Gasteiger partial charge in [-0.15, -0.1) is 0 Å². The molecule has 1 aromatic carbocycles. The number of nitro groups is 1. The Morgan fingerprint density at radius 1 is 1.47 bits per heavy atom. The van der Waals surface area contributed by atoms with Crippen molar-refractivity contribution >= 4 is 16.7 Å². The van der Waals surface area contributed by atoms with Crippen LogP contribution in [-0.2, 0) is 0 Å². The zero-order valence-electron chi connectivity index (χ0n) is 10.3. The summed E-state index contributed by atoms with van der Waals surface area (Å²) >= 11 is 0. The number of aromatic amines is 1. The number of benzene rings is 1. The quantitative estimate of drug-likeness (QED) is 0.647. The maximum absolute atomic E-state index is 10.7. The molecule has 0 amide bonds. The van der Waals surface area contributed by atoms with Crippen LogP contribution in [-0.4, -0.2) is 34.1 Å². The standard InChI is InChI=1S/C12H14N4O3/c17-16(18)8-3-4-10-11(6-8)15-12(14-10)19-9-2-1-5-13-7-9/h3-4,6,9,13H,1-2,5,7H2,(H,14,15)/t9-/m1/s1. The van der Waals surface area contributed by atoms with Gasteiger partial charge in [0.2, 0.25) is 0 Å². The van der Waals surface area contributed by atoms with Crippen molar-refractivity contribution in [2.45, 2.75) is 18.9 Å². The van der Waals surface area contributed by atoms with E-state index in [2.05, 4.69) is 15.3 Å². The molecule has 3 rings (SSSR count). The predicted molar refractivity (Wildman–Crippen MR) is 69.3 cm³/mol. The number of nitrogens with zero attached hydrogens (tertiary/aromatic N) is 2. The van der Waals surface area contributed by atoms with E-state index in [1.165, 1.54) is 12.1 Å². The van der Waals surface area contributed by atoms with Gasteiger partial charge in [0.15, 0.2) is 0 Å². The van der Waals surface area contributed by atoms with Gasteiger partial charge >= 0.3 is 0 Å². The van der Waals surface area contributed by atoms with Crippen LogP contribution in [0.25, 0.3) is 11.0 Å². The summed E-state index contributed by atoms with van der Waals surface area (Å²) in [5, 5.41) is 14.0. The first-order valence-electron chi connectivity index (χ1n) is 6.24. The van der Waals surface area contributed by atoms with E-state index in [1.54, 1.807) is 6.07 Å². The highest BCUT2D eigenvalue weighted by Gasteiger charge is 2.17. The van der Waals surface area contributed by atoms with E-state index in [9.17, 15) is 10.1 Å². The number of imidazole rings is 1. The molecule has 19 heavy (non-hydrogen) atoms. The monoisotopic (exact) mass is 262 g/mol. The Labute approximate surface area is 109 Å². The largest absolute Gasteiger partial charge is 0.460 e. The van der Waals surface area contributed by atoms with E-state index in [0.717, 1.165) is 25.9 Å². The number of hydrogen-bond acceptors (Lipinski definition) is 5. The molecule has 2 aromatic rings. The van der Waals surface area contributed by atoms with E-state index in [4.69, 9.17) is 4.74 Å². The Hall–Kier alpha value is -2.15. The number of fused-ring (bicyclic) bond motifs is 1. The van der Waals surface area contributed by atoms with E-state index >= 15 is 0 Å². The summed E-state index contributed by atoms with van der Waals surface area (Å²) in [7, 11) is 0. The van der Waals surface area contributed by atoms with Crippen LogP contribution in [0.5, 0.6) is 6.01 Å². The van der Waals surface area contributed by atoms with E-state index in [1.807, 2.05) is 0 Å². The summed E-state index contributed by atoms with van der Waals surface area (Å²) in [6.45, 7) is 1.82. The van der Waals surface area contributed by atoms with Gasteiger partial charge in [-0.3, -0.25) is 10.1 Å². The Balaban J connectivity index is 1.82. The van der Waals surface area contributed by atoms with E-state index in [-0.39, 0.29) is 11.8 Å². The van der Waals surface area contributed by atoms with Crippen LogP contribution in [0, 0.1) is 10.1 Å². The van der Waals surface area contributed by atoms with Gasteiger partial charge in [-0.25, -0.2) is 0 Å².